The van der Waals surface area contributed by atoms with Gasteiger partial charge in [0, 0.05) is 24.4 Å². The Labute approximate surface area is 127 Å². The van der Waals surface area contributed by atoms with E-state index in [-0.39, 0.29) is 18.4 Å². The van der Waals surface area contributed by atoms with Crippen molar-refractivity contribution in [2.75, 3.05) is 13.2 Å². The highest BCUT2D eigenvalue weighted by molar-refractivity contribution is 7.10. The second-order valence-corrected chi connectivity index (χ2v) is 5.77. The topological polar surface area (TPSA) is 78.4 Å². The summed E-state index contributed by atoms with van der Waals surface area (Å²) in [6, 6.07) is 2.08. The minimum Gasteiger partial charge on any atom is -0.384 e. The van der Waals surface area contributed by atoms with Gasteiger partial charge in [-0.05, 0) is 25.3 Å². The summed E-state index contributed by atoms with van der Waals surface area (Å²) >= 11 is 1.37. The van der Waals surface area contributed by atoms with Crippen LogP contribution in [0.2, 0.25) is 0 Å². The Balaban J connectivity index is 1.66. The Kier molecular flexibility index (Phi) is 5.78. The fourth-order valence-corrected chi connectivity index (χ4v) is 2.48. The quantitative estimate of drug-likeness (QED) is 0.539. The summed E-state index contributed by atoms with van der Waals surface area (Å²) in [5.74, 6) is 5.20. The van der Waals surface area contributed by atoms with E-state index >= 15 is 0 Å². The molecule has 0 aromatic carbocycles. The molecule has 1 fully saturated rings. The van der Waals surface area contributed by atoms with Gasteiger partial charge in [0.15, 0.2) is 0 Å². The van der Waals surface area contributed by atoms with Crippen LogP contribution in [0.5, 0.6) is 0 Å². The first-order valence-corrected chi connectivity index (χ1v) is 7.83. The van der Waals surface area contributed by atoms with E-state index in [1.807, 2.05) is 0 Å². The number of rotatable bonds is 6. The molecule has 1 aromatic heterocycles. The highest BCUT2D eigenvalue weighted by Crippen LogP contribution is 2.18. The lowest BCUT2D eigenvalue weighted by Crippen LogP contribution is -2.28. The van der Waals surface area contributed by atoms with Crippen molar-refractivity contribution in [1.82, 2.24) is 10.6 Å². The maximum atomic E-state index is 11.9. The summed E-state index contributed by atoms with van der Waals surface area (Å²) < 4.78 is 0. The number of amides is 2. The fourth-order valence-electron chi connectivity index (χ4n) is 1.73. The van der Waals surface area contributed by atoms with E-state index in [0.717, 1.165) is 17.7 Å². The van der Waals surface area contributed by atoms with Gasteiger partial charge in [-0.3, -0.25) is 9.59 Å². The second kappa shape index (κ2) is 7.81. The number of aliphatic hydroxyl groups excluding tert-OH is 1. The molecule has 0 saturated heterocycles. The van der Waals surface area contributed by atoms with Crippen LogP contribution < -0.4 is 10.6 Å². The highest BCUT2D eigenvalue weighted by atomic mass is 32.1. The van der Waals surface area contributed by atoms with Gasteiger partial charge < -0.3 is 15.7 Å². The molecule has 6 heteroatoms. The molecule has 2 amide bonds. The van der Waals surface area contributed by atoms with Crippen molar-refractivity contribution >= 4 is 23.2 Å². The zero-order valence-electron chi connectivity index (χ0n) is 11.6. The van der Waals surface area contributed by atoms with Crippen molar-refractivity contribution in [3.63, 3.8) is 0 Å². The SMILES string of the molecule is O=C(CCCNC(=O)c1csc(C#CCO)c1)NC1CC1. The van der Waals surface area contributed by atoms with Crippen LogP contribution >= 0.6 is 11.3 Å². The predicted octanol–water partition coefficient (Wildman–Crippen LogP) is 0.881. The standard InChI is InChI=1S/C15H18N2O3S/c18-8-2-3-13-9-11(10-21-13)15(20)16-7-1-4-14(19)17-12-5-6-12/h9-10,12,18H,1,4-8H2,(H,16,20)(H,17,19). The number of hydrogen-bond acceptors (Lipinski definition) is 4. The number of hydrogen-bond donors (Lipinski definition) is 3. The van der Waals surface area contributed by atoms with Gasteiger partial charge in [0.2, 0.25) is 5.91 Å². The smallest absolute Gasteiger partial charge is 0.252 e. The van der Waals surface area contributed by atoms with Crippen molar-refractivity contribution in [2.45, 2.75) is 31.7 Å². The van der Waals surface area contributed by atoms with Crippen molar-refractivity contribution in [3.8, 4) is 11.8 Å². The average molecular weight is 306 g/mol. The molecule has 0 atom stereocenters. The van der Waals surface area contributed by atoms with Gasteiger partial charge in [0.1, 0.15) is 6.61 Å². The van der Waals surface area contributed by atoms with Crippen LogP contribution in [0.15, 0.2) is 11.4 Å². The van der Waals surface area contributed by atoms with Gasteiger partial charge in [-0.15, -0.1) is 11.3 Å². The van der Waals surface area contributed by atoms with Gasteiger partial charge in [-0.25, -0.2) is 0 Å². The Hall–Kier alpha value is -1.84. The number of aliphatic hydroxyl groups is 1. The molecular formula is C15H18N2O3S. The van der Waals surface area contributed by atoms with Crippen LogP contribution in [0.3, 0.4) is 0 Å². The zero-order chi connectivity index (χ0) is 15.1. The third kappa shape index (κ3) is 5.58. The third-order valence-electron chi connectivity index (χ3n) is 2.96. The van der Waals surface area contributed by atoms with Gasteiger partial charge in [-0.1, -0.05) is 11.8 Å². The van der Waals surface area contributed by atoms with Gasteiger partial charge >= 0.3 is 0 Å². The Bertz CT molecular complexity index is 567. The lowest BCUT2D eigenvalue weighted by atomic mass is 10.2. The van der Waals surface area contributed by atoms with Crippen molar-refractivity contribution in [3.05, 3.63) is 21.9 Å². The third-order valence-corrected chi connectivity index (χ3v) is 3.81. The molecule has 0 aliphatic heterocycles. The van der Waals surface area contributed by atoms with E-state index in [9.17, 15) is 9.59 Å². The maximum Gasteiger partial charge on any atom is 0.252 e. The van der Waals surface area contributed by atoms with Crippen LogP contribution in [0.4, 0.5) is 0 Å². The predicted molar refractivity (Wildman–Crippen MR) is 81.0 cm³/mol. The number of carbonyl (C=O) groups excluding carboxylic acids is 2. The largest absolute Gasteiger partial charge is 0.384 e. The molecule has 1 saturated carbocycles. The zero-order valence-corrected chi connectivity index (χ0v) is 12.5. The summed E-state index contributed by atoms with van der Waals surface area (Å²) in [4.78, 5) is 24.1. The summed E-state index contributed by atoms with van der Waals surface area (Å²) in [5.41, 5.74) is 0.560. The molecule has 0 bridgehead atoms. The van der Waals surface area contributed by atoms with E-state index < -0.39 is 0 Å². The van der Waals surface area contributed by atoms with E-state index in [2.05, 4.69) is 22.5 Å². The molecule has 1 aromatic rings. The summed E-state index contributed by atoms with van der Waals surface area (Å²) in [6.07, 6.45) is 3.24. The first-order chi connectivity index (χ1) is 10.2. The Morgan fingerprint density at radius 3 is 2.95 bits per heavy atom. The molecule has 3 N–H and O–H groups in total. The van der Waals surface area contributed by atoms with Crippen LogP contribution in [0, 0.1) is 11.8 Å². The van der Waals surface area contributed by atoms with Crippen molar-refractivity contribution in [1.29, 1.82) is 0 Å². The molecule has 0 radical (unpaired) electrons. The normalized spacial score (nSPS) is 13.2. The first kappa shape index (κ1) is 15.5. The molecule has 21 heavy (non-hydrogen) atoms. The lowest BCUT2D eigenvalue weighted by molar-refractivity contribution is -0.121. The van der Waals surface area contributed by atoms with Gasteiger partial charge in [0.05, 0.1) is 10.4 Å². The molecule has 1 aliphatic carbocycles. The summed E-state index contributed by atoms with van der Waals surface area (Å²) in [5, 5.41) is 16.0. The minimum absolute atomic E-state index is 0.0591. The van der Waals surface area contributed by atoms with E-state index in [4.69, 9.17) is 5.11 Å². The highest BCUT2D eigenvalue weighted by Gasteiger charge is 2.22. The molecular weight excluding hydrogens is 288 g/mol. The van der Waals surface area contributed by atoms with Crippen LogP contribution in [0.25, 0.3) is 0 Å². The maximum absolute atomic E-state index is 11.9. The number of nitrogens with one attached hydrogen (secondary N) is 2. The molecule has 1 aliphatic rings. The summed E-state index contributed by atoms with van der Waals surface area (Å²) in [7, 11) is 0. The van der Waals surface area contributed by atoms with E-state index in [1.54, 1.807) is 11.4 Å². The fraction of sp³-hybridized carbons (Fsp3) is 0.467. The number of carbonyl (C=O) groups is 2. The van der Waals surface area contributed by atoms with Crippen molar-refractivity contribution in [2.24, 2.45) is 0 Å². The molecule has 5 nitrogen and oxygen atoms in total. The first-order valence-electron chi connectivity index (χ1n) is 6.95. The Morgan fingerprint density at radius 2 is 2.24 bits per heavy atom. The van der Waals surface area contributed by atoms with Crippen LogP contribution in [0.1, 0.15) is 40.9 Å². The lowest BCUT2D eigenvalue weighted by Gasteiger charge is -2.04. The minimum atomic E-state index is -0.192. The average Bonchev–Trinajstić information content (AvgIpc) is 3.15. The number of thiophene rings is 1. The molecule has 112 valence electrons. The summed E-state index contributed by atoms with van der Waals surface area (Å²) in [6.45, 7) is 0.284. The van der Waals surface area contributed by atoms with E-state index in [1.165, 1.54) is 11.3 Å². The molecule has 1 heterocycles. The van der Waals surface area contributed by atoms with Gasteiger partial charge in [0.25, 0.3) is 5.91 Å². The van der Waals surface area contributed by atoms with Gasteiger partial charge in [-0.2, -0.15) is 0 Å². The molecule has 0 spiro atoms. The van der Waals surface area contributed by atoms with E-state index in [0.29, 0.717) is 31.0 Å². The molecule has 2 rings (SSSR count). The van der Waals surface area contributed by atoms with Crippen LogP contribution in [-0.4, -0.2) is 36.1 Å². The second-order valence-electron chi connectivity index (χ2n) is 4.86. The molecule has 0 unspecified atom stereocenters. The Morgan fingerprint density at radius 1 is 1.43 bits per heavy atom. The van der Waals surface area contributed by atoms with Crippen molar-refractivity contribution < 1.29 is 14.7 Å². The van der Waals surface area contributed by atoms with Crippen LogP contribution in [-0.2, 0) is 4.79 Å². The monoisotopic (exact) mass is 306 g/mol.